The summed E-state index contributed by atoms with van der Waals surface area (Å²) in [5, 5.41) is 19.2. The highest BCUT2D eigenvalue weighted by Crippen LogP contribution is 2.41. The van der Waals surface area contributed by atoms with E-state index in [1.807, 2.05) is 48.5 Å². The number of rotatable bonds is 23. The van der Waals surface area contributed by atoms with Crippen LogP contribution in [-0.4, -0.2) is 152 Å². The number of azide groups is 5. The Morgan fingerprint density at radius 2 is 1.14 bits per heavy atom. The van der Waals surface area contributed by atoms with E-state index in [1.165, 1.54) is 4.90 Å². The van der Waals surface area contributed by atoms with E-state index in [9.17, 15) is 51.6 Å². The van der Waals surface area contributed by atoms with E-state index in [0.29, 0.717) is 0 Å². The molecule has 2 aromatic carbocycles. The van der Waals surface area contributed by atoms with Crippen molar-refractivity contribution in [2.24, 2.45) is 31.5 Å². The second kappa shape index (κ2) is 29.8. The molecule has 0 bridgehead atoms. The monoisotopic (exact) mass is 1120 g/mol. The van der Waals surface area contributed by atoms with Crippen molar-refractivity contribution in [2.45, 2.75) is 178 Å². The summed E-state index contributed by atoms with van der Waals surface area (Å²) in [5.41, 5.74) is 50.1. The van der Waals surface area contributed by atoms with Gasteiger partial charge in [0.05, 0.1) is 49.0 Å². The third-order valence-corrected chi connectivity index (χ3v) is 13.5. The van der Waals surface area contributed by atoms with Crippen LogP contribution in [0.4, 0.5) is 4.79 Å². The van der Waals surface area contributed by atoms with Gasteiger partial charge in [-0.25, -0.2) is 4.79 Å². The number of nitrogens with zero attached hydrogens (tertiary/aromatic N) is 16. The molecule has 6 rings (SSSR count). The quantitative estimate of drug-likeness (QED) is 0.0337. The number of hydrogen-bond donors (Lipinski definition) is 0. The number of hydrogen-bond acceptors (Lipinski definition) is 21. The normalized spacial score (nSPS) is 31.0. The summed E-state index contributed by atoms with van der Waals surface area (Å²) in [6, 6.07) is 12.3. The van der Waals surface area contributed by atoms with Crippen LogP contribution in [0.5, 0.6) is 0 Å². The summed E-state index contributed by atoms with van der Waals surface area (Å²) in [6.45, 7) is 6.64. The Morgan fingerprint density at radius 3 is 1.74 bits per heavy atom. The van der Waals surface area contributed by atoms with Crippen LogP contribution in [0.15, 0.2) is 86.2 Å². The largest absolute Gasteiger partial charge is 0.463 e. The summed E-state index contributed by atoms with van der Waals surface area (Å²) >= 11 is 0. The van der Waals surface area contributed by atoms with Gasteiger partial charge < -0.3 is 52.1 Å². The molecule has 80 heavy (non-hydrogen) atoms. The average Bonchev–Trinajstić information content (AvgIpc) is 3.73. The lowest BCUT2D eigenvalue weighted by Gasteiger charge is -2.47. The van der Waals surface area contributed by atoms with Gasteiger partial charge in [-0.3, -0.25) is 24.1 Å². The molecule has 428 valence electrons. The van der Waals surface area contributed by atoms with E-state index in [0.717, 1.165) is 38.8 Å². The Morgan fingerprint density at radius 1 is 0.588 bits per heavy atom. The van der Waals surface area contributed by atoms with Crippen molar-refractivity contribution in [1.29, 1.82) is 0 Å². The highest BCUT2D eigenvalue weighted by Gasteiger charge is 2.57. The van der Waals surface area contributed by atoms with Gasteiger partial charge in [0.25, 0.3) is 0 Å². The van der Waals surface area contributed by atoms with Crippen molar-refractivity contribution in [1.82, 2.24) is 4.90 Å². The van der Waals surface area contributed by atoms with Crippen LogP contribution in [0.25, 0.3) is 52.2 Å². The summed E-state index contributed by atoms with van der Waals surface area (Å²) in [6.07, 6.45) is -18.7. The molecule has 4 fully saturated rings. The first kappa shape index (κ1) is 61.1. The number of carbonyl (C=O) groups excluding carboxylic acids is 5. The first-order valence-electron chi connectivity index (χ1n) is 25.3. The van der Waals surface area contributed by atoms with E-state index in [-0.39, 0.29) is 32.4 Å². The zero-order valence-electron chi connectivity index (χ0n) is 44.3. The highest BCUT2D eigenvalue weighted by molar-refractivity contribution is 5.68. The van der Waals surface area contributed by atoms with E-state index < -0.39 is 153 Å². The highest BCUT2D eigenvalue weighted by atomic mass is 16.8. The SMILES string of the molecule is CC(=O)OCC1OC(OC2C(OC(C)=O)C(N=[N+]=[N-])CC(N=[N+]=[N-])C2OC2OC(C(C)N(Cc3ccccc3)C(=O)OCc3ccccc3)CCC2N=[N+]=[N-])C(OC(C)=O)C1OC1OC(CN=[N+]=[N-])C(OC(C)=O)C(C)C1N=[N+]=[N-]. The molecule has 4 aliphatic rings. The minimum Gasteiger partial charge on any atom is -0.463 e. The van der Waals surface area contributed by atoms with Crippen molar-refractivity contribution < 1.29 is 76.1 Å². The Hall–Kier alpha value is -8.10. The van der Waals surface area contributed by atoms with Crippen molar-refractivity contribution in [3.05, 3.63) is 124 Å². The summed E-state index contributed by atoms with van der Waals surface area (Å²) in [4.78, 5) is 81.0. The van der Waals surface area contributed by atoms with Gasteiger partial charge in [0, 0.05) is 64.7 Å². The van der Waals surface area contributed by atoms with E-state index in [1.54, 1.807) is 26.0 Å². The van der Waals surface area contributed by atoms with Gasteiger partial charge in [-0.05, 0) is 65.0 Å². The van der Waals surface area contributed by atoms with Gasteiger partial charge >= 0.3 is 30.0 Å². The van der Waals surface area contributed by atoms with E-state index in [2.05, 4.69) is 50.1 Å². The van der Waals surface area contributed by atoms with Crippen LogP contribution in [0, 0.1) is 5.92 Å². The van der Waals surface area contributed by atoms with Crippen molar-refractivity contribution >= 4 is 30.0 Å². The lowest BCUT2D eigenvalue weighted by Crippen LogP contribution is -2.62. The standard InChI is InChI=1S/C48H60N16O16/c1-24-38(58-63-53)46(76-36(20-54-59-49)39(24)72-27(4)66)79-42-37(23-70-26(3)65)77-47(44(42)74-29(6)68)80-43-40(73-28(5)67)33(56-61-51)19-34(57-62-52)41(43)78-45-32(55-60-50)17-18-35(75-45)25(2)64(21-30-13-9-7-10-14-30)48(69)71-22-31-15-11-8-12-16-31/h7-16,24-25,32-47H,17-23H2,1-6H3. The minimum atomic E-state index is -1.86. The van der Waals surface area contributed by atoms with Gasteiger partial charge in [-0.2, -0.15) is 0 Å². The predicted molar refractivity (Wildman–Crippen MR) is 271 cm³/mol. The fraction of sp³-hybridized carbons (Fsp3) is 0.646. The number of carbonyl (C=O) groups is 5. The van der Waals surface area contributed by atoms with Crippen LogP contribution in [0.1, 0.15) is 71.9 Å². The van der Waals surface area contributed by atoms with Crippen molar-refractivity contribution in [2.75, 3.05) is 13.2 Å². The molecule has 1 amide bonds. The molecule has 0 aromatic heterocycles. The lowest BCUT2D eigenvalue weighted by molar-refractivity contribution is -0.293. The Bertz CT molecular complexity index is 2720. The molecule has 1 aliphatic carbocycles. The maximum absolute atomic E-state index is 14.1. The molecule has 0 radical (unpaired) electrons. The maximum atomic E-state index is 14.1. The second-order valence-corrected chi connectivity index (χ2v) is 18.9. The van der Waals surface area contributed by atoms with Crippen LogP contribution >= 0.6 is 0 Å². The molecule has 0 spiro atoms. The molecule has 3 heterocycles. The Balaban J connectivity index is 1.40. The minimum absolute atomic E-state index is 0.0419. The summed E-state index contributed by atoms with van der Waals surface area (Å²) in [7, 11) is 0. The fourth-order valence-corrected chi connectivity index (χ4v) is 9.94. The number of esters is 4. The Labute approximate surface area is 456 Å². The zero-order valence-corrected chi connectivity index (χ0v) is 44.3. The van der Waals surface area contributed by atoms with E-state index in [4.69, 9.17) is 52.1 Å². The van der Waals surface area contributed by atoms with Gasteiger partial charge in [-0.15, -0.1) is 0 Å². The summed E-state index contributed by atoms with van der Waals surface area (Å²) < 4.78 is 67.4. The van der Waals surface area contributed by atoms with Crippen molar-refractivity contribution in [3.63, 3.8) is 0 Å². The van der Waals surface area contributed by atoms with Crippen LogP contribution in [-0.2, 0) is 84.4 Å². The number of amides is 1. The van der Waals surface area contributed by atoms with Gasteiger partial charge in [0.2, 0.25) is 0 Å². The molecule has 2 aromatic rings. The van der Waals surface area contributed by atoms with Gasteiger partial charge in [-0.1, -0.05) is 93.2 Å². The molecule has 18 atom stereocenters. The Kier molecular flexibility index (Phi) is 22.7. The third kappa shape index (κ3) is 16.2. The van der Waals surface area contributed by atoms with Crippen molar-refractivity contribution in [3.8, 4) is 0 Å². The molecule has 3 aliphatic heterocycles. The lowest BCUT2D eigenvalue weighted by atomic mass is 9.83. The molecule has 3 saturated heterocycles. The number of benzene rings is 2. The zero-order chi connectivity index (χ0) is 57.9. The molecule has 1 saturated carbocycles. The molecular formula is C48H60N16O16. The van der Waals surface area contributed by atoms with Crippen LogP contribution in [0.2, 0.25) is 0 Å². The van der Waals surface area contributed by atoms with Crippen LogP contribution in [0.3, 0.4) is 0 Å². The first-order valence-corrected chi connectivity index (χ1v) is 25.3. The predicted octanol–water partition coefficient (Wildman–Crippen LogP) is 7.75. The molecule has 32 nitrogen and oxygen atoms in total. The maximum Gasteiger partial charge on any atom is 0.410 e. The fourth-order valence-electron chi connectivity index (χ4n) is 9.94. The second-order valence-electron chi connectivity index (χ2n) is 18.9. The third-order valence-electron chi connectivity index (χ3n) is 13.5. The topological polar surface area (TPSA) is 434 Å². The number of ether oxygens (including phenoxy) is 11. The molecule has 0 N–H and O–H groups in total. The molecular weight excluding hydrogens is 1060 g/mol. The van der Waals surface area contributed by atoms with Gasteiger partial charge in [0.1, 0.15) is 49.8 Å². The average molecular weight is 1120 g/mol. The molecule has 32 heteroatoms. The molecule has 18 unspecified atom stereocenters. The van der Waals surface area contributed by atoms with Gasteiger partial charge in [0.15, 0.2) is 25.0 Å². The van der Waals surface area contributed by atoms with E-state index >= 15 is 0 Å². The first-order chi connectivity index (χ1) is 38.5. The smallest absolute Gasteiger partial charge is 0.410 e. The van der Waals surface area contributed by atoms with Crippen LogP contribution < -0.4 is 0 Å². The summed E-state index contributed by atoms with van der Waals surface area (Å²) in [5.74, 6) is -4.28.